The number of fused-ring (bicyclic) bond motifs is 1. The van der Waals surface area contributed by atoms with E-state index in [0.717, 1.165) is 13.0 Å². The molecule has 1 aliphatic carbocycles. The highest BCUT2D eigenvalue weighted by molar-refractivity contribution is 5.83. The average molecular weight is 400 g/mol. The van der Waals surface area contributed by atoms with Gasteiger partial charge in [0.05, 0.1) is 25.3 Å². The summed E-state index contributed by atoms with van der Waals surface area (Å²) in [4.78, 5) is 20.7. The number of hydrogen-bond donors (Lipinski definition) is 1. The Hall–Kier alpha value is -1.57. The van der Waals surface area contributed by atoms with Crippen molar-refractivity contribution < 1.29 is 18.0 Å². The van der Waals surface area contributed by atoms with Crippen LogP contribution in [0, 0.1) is 17.4 Å². The van der Waals surface area contributed by atoms with Gasteiger partial charge in [-0.25, -0.2) is 0 Å². The van der Waals surface area contributed by atoms with Gasteiger partial charge in [0.25, 0.3) is 0 Å². The maximum absolute atomic E-state index is 13.1. The molecule has 0 aromatic rings. The van der Waals surface area contributed by atoms with E-state index in [4.69, 9.17) is 5.26 Å². The molecule has 4 atom stereocenters. The van der Waals surface area contributed by atoms with Gasteiger partial charge in [-0.3, -0.25) is 19.9 Å². The van der Waals surface area contributed by atoms with Gasteiger partial charge in [-0.2, -0.15) is 18.4 Å². The third-order valence-corrected chi connectivity index (χ3v) is 6.77. The fourth-order valence-electron chi connectivity index (χ4n) is 5.11. The third kappa shape index (κ3) is 3.80. The maximum Gasteiger partial charge on any atom is 0.391 e. The fraction of sp³-hybridized carbons (Fsp3) is 0.889. The summed E-state index contributed by atoms with van der Waals surface area (Å²) < 4.78 is 39.4. The summed E-state index contributed by atoms with van der Waals surface area (Å²) in [6, 6.07) is -0.389. The summed E-state index contributed by atoms with van der Waals surface area (Å²) in [5, 5.41) is 12.5. The number of carbonyl (C=O) groups excluding carboxylic acids is 1. The van der Waals surface area contributed by atoms with E-state index in [2.05, 4.69) is 21.3 Å². The van der Waals surface area contributed by atoms with E-state index in [1.807, 2.05) is 4.90 Å². The van der Waals surface area contributed by atoms with Gasteiger partial charge >= 0.3 is 6.18 Å². The molecule has 0 bridgehead atoms. The molecule has 10 heteroatoms. The number of nitrogens with zero attached hydrogens (tertiary/aromatic N) is 5. The SMILES string of the molecule is N#CN1CCN2CCN(C3CN(C4CCCC(C(F)(F)F)C4)CN3)C(=O)[C@H]2C1. The lowest BCUT2D eigenvalue weighted by Gasteiger charge is -2.46. The number of carbonyl (C=O) groups is 1. The van der Waals surface area contributed by atoms with E-state index in [-0.39, 0.29) is 37.0 Å². The van der Waals surface area contributed by atoms with Gasteiger partial charge in [0.15, 0.2) is 6.19 Å². The lowest BCUT2D eigenvalue weighted by Crippen LogP contribution is -2.67. The topological polar surface area (TPSA) is 65.9 Å². The molecule has 1 saturated carbocycles. The molecule has 28 heavy (non-hydrogen) atoms. The molecular weight excluding hydrogens is 373 g/mol. The summed E-state index contributed by atoms with van der Waals surface area (Å²) in [5.41, 5.74) is 0. The predicted octanol–water partition coefficient (Wildman–Crippen LogP) is 0.606. The number of rotatable bonds is 2. The van der Waals surface area contributed by atoms with E-state index in [9.17, 15) is 18.0 Å². The van der Waals surface area contributed by atoms with Gasteiger partial charge in [-0.15, -0.1) is 0 Å². The van der Waals surface area contributed by atoms with Gasteiger partial charge < -0.3 is 9.80 Å². The Morgan fingerprint density at radius 2 is 1.86 bits per heavy atom. The van der Waals surface area contributed by atoms with Crippen LogP contribution in [0.3, 0.4) is 0 Å². The van der Waals surface area contributed by atoms with Crippen molar-refractivity contribution in [1.29, 1.82) is 5.26 Å². The zero-order valence-corrected chi connectivity index (χ0v) is 15.9. The fourth-order valence-corrected chi connectivity index (χ4v) is 5.11. The van der Waals surface area contributed by atoms with Crippen LogP contribution in [-0.2, 0) is 4.79 Å². The van der Waals surface area contributed by atoms with Crippen molar-refractivity contribution >= 4 is 5.91 Å². The van der Waals surface area contributed by atoms with Crippen LogP contribution in [0.4, 0.5) is 13.2 Å². The molecule has 7 nitrogen and oxygen atoms in total. The molecule has 3 heterocycles. The van der Waals surface area contributed by atoms with Crippen LogP contribution in [0.1, 0.15) is 25.7 Å². The van der Waals surface area contributed by atoms with Crippen LogP contribution in [0.5, 0.6) is 0 Å². The zero-order chi connectivity index (χ0) is 19.9. The van der Waals surface area contributed by atoms with Crippen molar-refractivity contribution in [2.45, 2.75) is 50.1 Å². The monoisotopic (exact) mass is 400 g/mol. The van der Waals surface area contributed by atoms with E-state index in [1.165, 1.54) is 0 Å². The highest BCUT2D eigenvalue weighted by Crippen LogP contribution is 2.39. The molecule has 1 amide bonds. The van der Waals surface area contributed by atoms with Crippen molar-refractivity contribution in [2.24, 2.45) is 5.92 Å². The molecule has 4 fully saturated rings. The molecule has 0 aromatic heterocycles. The molecule has 0 aromatic carbocycles. The van der Waals surface area contributed by atoms with Crippen LogP contribution in [0.25, 0.3) is 0 Å². The van der Waals surface area contributed by atoms with Crippen molar-refractivity contribution in [1.82, 2.24) is 24.9 Å². The Morgan fingerprint density at radius 1 is 1.07 bits per heavy atom. The van der Waals surface area contributed by atoms with Gasteiger partial charge in [-0.05, 0) is 19.3 Å². The standard InChI is InChI=1S/C18H27F3N6O/c19-18(20,21)13-2-1-3-14(8-13)26-10-16(23-12-26)27-7-6-25-5-4-24(11-22)9-15(25)17(27)28/h13-16,23H,1-10,12H2/t13?,14?,15-,16?/m1/s1. The van der Waals surface area contributed by atoms with E-state index in [0.29, 0.717) is 45.8 Å². The largest absolute Gasteiger partial charge is 0.391 e. The Bertz CT molecular complexity index is 638. The van der Waals surface area contributed by atoms with Crippen LogP contribution in [0.15, 0.2) is 0 Å². The van der Waals surface area contributed by atoms with Crippen molar-refractivity contribution in [3.63, 3.8) is 0 Å². The Labute approximate surface area is 163 Å². The Kier molecular flexibility index (Phi) is 5.42. The van der Waals surface area contributed by atoms with E-state index in [1.54, 1.807) is 4.90 Å². The number of nitrogens with one attached hydrogen (secondary N) is 1. The highest BCUT2D eigenvalue weighted by atomic mass is 19.4. The number of piperazine rings is 2. The zero-order valence-electron chi connectivity index (χ0n) is 15.9. The van der Waals surface area contributed by atoms with Crippen molar-refractivity contribution in [3.05, 3.63) is 0 Å². The van der Waals surface area contributed by atoms with Gasteiger partial charge in [0.1, 0.15) is 6.04 Å². The molecule has 156 valence electrons. The smallest absolute Gasteiger partial charge is 0.323 e. The normalized spacial score (nSPS) is 35.7. The molecule has 1 N–H and O–H groups in total. The van der Waals surface area contributed by atoms with Gasteiger partial charge in [0, 0.05) is 38.8 Å². The van der Waals surface area contributed by atoms with Gasteiger partial charge in [-0.1, -0.05) is 6.42 Å². The number of halogens is 3. The molecule has 4 rings (SSSR count). The number of hydrogen-bond acceptors (Lipinski definition) is 6. The van der Waals surface area contributed by atoms with Crippen LogP contribution in [-0.4, -0.2) is 95.9 Å². The van der Waals surface area contributed by atoms with Crippen LogP contribution in [0.2, 0.25) is 0 Å². The molecule has 0 radical (unpaired) electrons. The van der Waals surface area contributed by atoms with Crippen molar-refractivity contribution in [3.8, 4) is 6.19 Å². The summed E-state index contributed by atoms with van der Waals surface area (Å²) in [6.07, 6.45) is -0.406. The minimum Gasteiger partial charge on any atom is -0.323 e. The maximum atomic E-state index is 13.1. The average Bonchev–Trinajstić information content (AvgIpc) is 3.17. The Morgan fingerprint density at radius 3 is 2.61 bits per heavy atom. The second kappa shape index (κ2) is 7.69. The number of nitriles is 1. The number of alkyl halides is 3. The van der Waals surface area contributed by atoms with E-state index >= 15 is 0 Å². The third-order valence-electron chi connectivity index (χ3n) is 6.77. The first kappa shape index (κ1) is 19.7. The molecule has 3 unspecified atom stereocenters. The minimum absolute atomic E-state index is 0.0161. The summed E-state index contributed by atoms with van der Waals surface area (Å²) in [7, 11) is 0. The van der Waals surface area contributed by atoms with Crippen LogP contribution >= 0.6 is 0 Å². The lowest BCUT2D eigenvalue weighted by atomic mass is 9.84. The summed E-state index contributed by atoms with van der Waals surface area (Å²) in [6.45, 7) is 4.24. The second-order valence-corrected chi connectivity index (χ2v) is 8.34. The molecule has 3 saturated heterocycles. The predicted molar refractivity (Wildman–Crippen MR) is 94.6 cm³/mol. The van der Waals surface area contributed by atoms with E-state index < -0.39 is 12.1 Å². The first-order valence-electron chi connectivity index (χ1n) is 10.1. The molecule has 0 spiro atoms. The second-order valence-electron chi connectivity index (χ2n) is 8.34. The van der Waals surface area contributed by atoms with Crippen LogP contribution < -0.4 is 5.32 Å². The highest BCUT2D eigenvalue weighted by Gasteiger charge is 2.46. The molecule has 3 aliphatic heterocycles. The summed E-state index contributed by atoms with van der Waals surface area (Å²) in [5.74, 6) is -1.20. The molecule has 4 aliphatic rings. The lowest BCUT2D eigenvalue weighted by molar-refractivity contribution is -0.186. The Balaban J connectivity index is 1.36. The first-order valence-corrected chi connectivity index (χ1v) is 10.1. The first-order chi connectivity index (χ1) is 13.4. The summed E-state index contributed by atoms with van der Waals surface area (Å²) >= 11 is 0. The van der Waals surface area contributed by atoms with Gasteiger partial charge in [0.2, 0.25) is 5.91 Å². The van der Waals surface area contributed by atoms with Crippen molar-refractivity contribution in [2.75, 3.05) is 45.9 Å². The number of amides is 1. The molecular formula is C18H27F3N6O. The minimum atomic E-state index is -4.12. The quantitative estimate of drug-likeness (QED) is 0.685.